The Bertz CT molecular complexity index is 653. The van der Waals surface area contributed by atoms with E-state index in [2.05, 4.69) is 10.6 Å². The molecule has 0 saturated heterocycles. The number of benzene rings is 2. The van der Waals surface area contributed by atoms with Crippen molar-refractivity contribution in [3.8, 4) is 11.5 Å². The highest BCUT2D eigenvalue weighted by molar-refractivity contribution is 6.32. The van der Waals surface area contributed by atoms with Crippen LogP contribution in [0.3, 0.4) is 0 Å². The summed E-state index contributed by atoms with van der Waals surface area (Å²) in [6.45, 7) is 5.95. The number of hydrogen-bond acceptors (Lipinski definition) is 5. The summed E-state index contributed by atoms with van der Waals surface area (Å²) in [4.78, 5) is 0. The molecule has 0 fully saturated rings. The minimum atomic E-state index is 0.151. The highest BCUT2D eigenvalue weighted by atomic mass is 35.5. The van der Waals surface area contributed by atoms with Gasteiger partial charge in [-0.15, -0.1) is 0 Å². The summed E-state index contributed by atoms with van der Waals surface area (Å²) >= 11 is 6.44. The van der Waals surface area contributed by atoms with Crippen LogP contribution >= 0.6 is 11.6 Å². The maximum atomic E-state index is 8.73. The molecule has 5 nitrogen and oxygen atoms in total. The molecule has 2 aromatic carbocycles. The zero-order valence-electron chi connectivity index (χ0n) is 15.1. The molecule has 0 amide bonds. The van der Waals surface area contributed by atoms with E-state index in [-0.39, 0.29) is 6.61 Å². The lowest BCUT2D eigenvalue weighted by atomic mass is 10.2. The zero-order valence-corrected chi connectivity index (χ0v) is 15.9. The van der Waals surface area contributed by atoms with E-state index in [1.54, 1.807) is 0 Å². The molecule has 0 aliphatic rings. The predicted octanol–water partition coefficient (Wildman–Crippen LogP) is 2.99. The van der Waals surface area contributed by atoms with E-state index in [0.29, 0.717) is 42.8 Å². The molecular weight excluding hydrogens is 352 g/mol. The summed E-state index contributed by atoms with van der Waals surface area (Å²) in [7, 11) is 0. The van der Waals surface area contributed by atoms with E-state index in [1.807, 2.05) is 49.4 Å². The first kappa shape index (κ1) is 20.5. The predicted molar refractivity (Wildman–Crippen MR) is 105 cm³/mol. The van der Waals surface area contributed by atoms with Crippen molar-refractivity contribution in [3.05, 3.63) is 58.6 Å². The maximum absolute atomic E-state index is 8.73. The SMILES string of the molecule is CCOc1cc(CNCCNCCO)cc(Cl)c1OCc1ccccc1. The second kappa shape index (κ2) is 11.8. The third kappa shape index (κ3) is 6.84. The van der Waals surface area contributed by atoms with Gasteiger partial charge in [0.1, 0.15) is 6.61 Å². The second-order valence-corrected chi connectivity index (χ2v) is 6.17. The van der Waals surface area contributed by atoms with Crippen LogP contribution in [-0.4, -0.2) is 38.0 Å². The molecule has 2 rings (SSSR count). The smallest absolute Gasteiger partial charge is 0.180 e. The van der Waals surface area contributed by atoms with Crippen molar-refractivity contribution in [1.82, 2.24) is 10.6 Å². The van der Waals surface area contributed by atoms with Crippen LogP contribution in [-0.2, 0) is 13.2 Å². The van der Waals surface area contributed by atoms with Crippen molar-refractivity contribution in [2.45, 2.75) is 20.1 Å². The maximum Gasteiger partial charge on any atom is 0.180 e. The number of nitrogens with one attached hydrogen (secondary N) is 2. The lowest BCUT2D eigenvalue weighted by Crippen LogP contribution is -2.28. The van der Waals surface area contributed by atoms with E-state index in [4.69, 9.17) is 26.2 Å². The number of hydrogen-bond donors (Lipinski definition) is 3. The number of aliphatic hydroxyl groups excluding tert-OH is 1. The molecular formula is C20H27ClN2O3. The van der Waals surface area contributed by atoms with Gasteiger partial charge >= 0.3 is 0 Å². The number of halogens is 1. The summed E-state index contributed by atoms with van der Waals surface area (Å²) in [6, 6.07) is 13.8. The molecule has 0 aliphatic carbocycles. The van der Waals surface area contributed by atoms with Crippen molar-refractivity contribution >= 4 is 11.6 Å². The molecule has 2 aromatic rings. The van der Waals surface area contributed by atoms with Gasteiger partial charge < -0.3 is 25.2 Å². The normalized spacial score (nSPS) is 10.7. The Morgan fingerprint density at radius 2 is 1.73 bits per heavy atom. The van der Waals surface area contributed by atoms with Gasteiger partial charge in [-0.25, -0.2) is 0 Å². The minimum Gasteiger partial charge on any atom is -0.490 e. The lowest BCUT2D eigenvalue weighted by Gasteiger charge is -2.16. The largest absolute Gasteiger partial charge is 0.490 e. The van der Waals surface area contributed by atoms with Crippen LogP contribution in [0.5, 0.6) is 11.5 Å². The molecule has 0 atom stereocenters. The molecule has 0 saturated carbocycles. The van der Waals surface area contributed by atoms with Crippen molar-refractivity contribution in [2.75, 3.05) is 32.8 Å². The number of ether oxygens (including phenoxy) is 2. The van der Waals surface area contributed by atoms with Crippen LogP contribution in [0.1, 0.15) is 18.1 Å². The average Bonchev–Trinajstić information content (AvgIpc) is 2.65. The average molecular weight is 379 g/mol. The van der Waals surface area contributed by atoms with Crippen LogP contribution < -0.4 is 20.1 Å². The molecule has 0 aliphatic heterocycles. The number of aliphatic hydroxyl groups is 1. The molecule has 0 radical (unpaired) electrons. The van der Waals surface area contributed by atoms with Gasteiger partial charge in [-0.05, 0) is 30.2 Å². The van der Waals surface area contributed by atoms with Gasteiger partial charge in [-0.1, -0.05) is 41.9 Å². The molecule has 26 heavy (non-hydrogen) atoms. The van der Waals surface area contributed by atoms with Crippen LogP contribution in [0.15, 0.2) is 42.5 Å². The van der Waals surface area contributed by atoms with Gasteiger partial charge in [0.15, 0.2) is 11.5 Å². The highest BCUT2D eigenvalue weighted by Gasteiger charge is 2.13. The van der Waals surface area contributed by atoms with Crippen molar-refractivity contribution in [1.29, 1.82) is 0 Å². The highest BCUT2D eigenvalue weighted by Crippen LogP contribution is 2.37. The molecule has 0 aromatic heterocycles. The number of rotatable bonds is 12. The summed E-state index contributed by atoms with van der Waals surface area (Å²) < 4.78 is 11.6. The molecule has 3 N–H and O–H groups in total. The summed E-state index contributed by atoms with van der Waals surface area (Å²) in [5.74, 6) is 1.23. The first-order chi connectivity index (χ1) is 12.7. The fraction of sp³-hybridized carbons (Fsp3) is 0.400. The van der Waals surface area contributed by atoms with E-state index in [0.717, 1.165) is 24.2 Å². The summed E-state index contributed by atoms with van der Waals surface area (Å²) in [5, 5.41) is 15.7. The van der Waals surface area contributed by atoms with Gasteiger partial charge in [0.2, 0.25) is 0 Å². The summed E-state index contributed by atoms with van der Waals surface area (Å²) in [5.41, 5.74) is 2.11. The van der Waals surface area contributed by atoms with Gasteiger partial charge in [-0.2, -0.15) is 0 Å². The van der Waals surface area contributed by atoms with Crippen LogP contribution in [0.25, 0.3) is 0 Å². The van der Waals surface area contributed by atoms with Crippen molar-refractivity contribution in [3.63, 3.8) is 0 Å². The van der Waals surface area contributed by atoms with E-state index in [1.165, 1.54) is 0 Å². The Balaban J connectivity index is 1.97. The molecule has 0 spiro atoms. The van der Waals surface area contributed by atoms with Gasteiger partial charge in [0.25, 0.3) is 0 Å². The topological polar surface area (TPSA) is 62.8 Å². The Morgan fingerprint density at radius 3 is 2.46 bits per heavy atom. The minimum absolute atomic E-state index is 0.151. The monoisotopic (exact) mass is 378 g/mol. The molecule has 0 unspecified atom stereocenters. The van der Waals surface area contributed by atoms with Crippen LogP contribution in [0.4, 0.5) is 0 Å². The summed E-state index contributed by atoms with van der Waals surface area (Å²) in [6.07, 6.45) is 0. The van der Waals surface area contributed by atoms with E-state index in [9.17, 15) is 0 Å². The quantitative estimate of drug-likeness (QED) is 0.495. The standard InChI is InChI=1S/C20H27ClN2O3/c1-2-25-19-13-17(14-23-9-8-22-10-11-24)12-18(21)20(19)26-15-16-6-4-3-5-7-16/h3-7,12-13,22-24H,2,8-11,14-15H2,1H3. The molecule has 0 heterocycles. The fourth-order valence-electron chi connectivity index (χ4n) is 2.47. The van der Waals surface area contributed by atoms with Crippen LogP contribution in [0, 0.1) is 0 Å². The zero-order chi connectivity index (χ0) is 18.6. The lowest BCUT2D eigenvalue weighted by molar-refractivity contribution is 0.269. The fourth-order valence-corrected chi connectivity index (χ4v) is 2.76. The first-order valence-corrected chi connectivity index (χ1v) is 9.26. The van der Waals surface area contributed by atoms with Crippen molar-refractivity contribution < 1.29 is 14.6 Å². The van der Waals surface area contributed by atoms with Gasteiger partial charge in [0, 0.05) is 26.2 Å². The van der Waals surface area contributed by atoms with Crippen LogP contribution in [0.2, 0.25) is 5.02 Å². The Morgan fingerprint density at radius 1 is 0.962 bits per heavy atom. The second-order valence-electron chi connectivity index (χ2n) is 5.76. The Hall–Kier alpha value is -1.79. The van der Waals surface area contributed by atoms with Crippen molar-refractivity contribution in [2.24, 2.45) is 0 Å². The molecule has 6 heteroatoms. The Kier molecular flexibility index (Phi) is 9.28. The molecule has 142 valence electrons. The third-order valence-corrected chi connectivity index (χ3v) is 3.97. The van der Waals surface area contributed by atoms with E-state index < -0.39 is 0 Å². The molecule has 0 bridgehead atoms. The first-order valence-electron chi connectivity index (χ1n) is 8.88. The van der Waals surface area contributed by atoms with E-state index >= 15 is 0 Å². The van der Waals surface area contributed by atoms with Gasteiger partial charge in [-0.3, -0.25) is 0 Å². The van der Waals surface area contributed by atoms with Gasteiger partial charge in [0.05, 0.1) is 18.2 Å². The third-order valence-electron chi connectivity index (χ3n) is 3.69. The Labute approximate surface area is 160 Å².